The summed E-state index contributed by atoms with van der Waals surface area (Å²) >= 11 is 8.16. The van der Waals surface area contributed by atoms with Crippen LogP contribution in [0, 0.1) is 3.57 Å². The van der Waals surface area contributed by atoms with E-state index in [9.17, 15) is 4.79 Å². The van der Waals surface area contributed by atoms with Gasteiger partial charge in [-0.1, -0.05) is 11.6 Å². The van der Waals surface area contributed by atoms with Crippen LogP contribution in [-0.2, 0) is 0 Å². The largest absolute Gasteiger partial charge is 0.334 e. The molecule has 106 valence electrons. The molecule has 1 unspecified atom stereocenters. The minimum absolute atomic E-state index is 0. The minimum Gasteiger partial charge on any atom is -0.334 e. The molecule has 0 saturated carbocycles. The van der Waals surface area contributed by atoms with E-state index in [-0.39, 0.29) is 18.3 Å². The number of amides is 1. The van der Waals surface area contributed by atoms with Crippen molar-refractivity contribution in [3.05, 3.63) is 32.4 Å². The molecular weight excluding hydrogens is 398 g/mol. The predicted octanol–water partition coefficient (Wildman–Crippen LogP) is 3.19. The van der Waals surface area contributed by atoms with Gasteiger partial charge in [0, 0.05) is 27.7 Å². The molecule has 1 aliphatic rings. The fourth-order valence-electron chi connectivity index (χ4n) is 2.37. The predicted molar refractivity (Wildman–Crippen MR) is 89.4 cm³/mol. The highest BCUT2D eigenvalue weighted by molar-refractivity contribution is 14.1. The molecule has 6 heteroatoms. The molecular formula is C13H17Cl2IN2O. The van der Waals surface area contributed by atoms with E-state index < -0.39 is 0 Å². The molecule has 1 amide bonds. The molecule has 1 saturated heterocycles. The number of nitrogens with zero attached hydrogens (tertiary/aromatic N) is 1. The van der Waals surface area contributed by atoms with Gasteiger partial charge in [-0.3, -0.25) is 4.79 Å². The van der Waals surface area contributed by atoms with Crippen LogP contribution in [0.15, 0.2) is 18.2 Å². The summed E-state index contributed by atoms with van der Waals surface area (Å²) in [5.74, 6) is 0.0969. The molecule has 0 aromatic heterocycles. The highest BCUT2D eigenvalue weighted by Gasteiger charge is 2.29. The summed E-state index contributed by atoms with van der Waals surface area (Å²) in [6, 6.07) is 5.77. The second-order valence-electron chi connectivity index (χ2n) is 4.48. The fourth-order valence-corrected chi connectivity index (χ4v) is 3.11. The number of nitrogens with one attached hydrogen (secondary N) is 1. The molecule has 1 atom stereocenters. The average molecular weight is 415 g/mol. The van der Waals surface area contributed by atoms with Gasteiger partial charge in [0.1, 0.15) is 0 Å². The van der Waals surface area contributed by atoms with Crippen molar-refractivity contribution in [1.82, 2.24) is 10.2 Å². The standard InChI is InChI=1S/C13H16ClIN2O.ClH/c1-16-8-10-3-2-6-17(10)13(18)11-7-9(14)4-5-12(11)15;/h4-5,7,10,16H,2-3,6,8H2,1H3;1H. The number of benzene rings is 1. The Labute approximate surface area is 138 Å². The van der Waals surface area contributed by atoms with E-state index in [2.05, 4.69) is 27.9 Å². The third-order valence-corrected chi connectivity index (χ3v) is 4.41. The van der Waals surface area contributed by atoms with Crippen LogP contribution in [0.5, 0.6) is 0 Å². The summed E-state index contributed by atoms with van der Waals surface area (Å²) in [6.45, 7) is 1.69. The van der Waals surface area contributed by atoms with Crippen LogP contribution in [0.25, 0.3) is 0 Å². The lowest BCUT2D eigenvalue weighted by Crippen LogP contribution is -2.41. The van der Waals surface area contributed by atoms with Gasteiger partial charge in [-0.05, 0) is 60.7 Å². The first-order valence-corrected chi connectivity index (χ1v) is 7.49. The first-order valence-electron chi connectivity index (χ1n) is 6.04. The SMILES string of the molecule is CNCC1CCCN1C(=O)c1cc(Cl)ccc1I.Cl. The van der Waals surface area contributed by atoms with Crippen LogP contribution < -0.4 is 5.32 Å². The van der Waals surface area contributed by atoms with Crippen LogP contribution in [0.4, 0.5) is 0 Å². The van der Waals surface area contributed by atoms with E-state index in [0.29, 0.717) is 16.6 Å². The summed E-state index contributed by atoms with van der Waals surface area (Å²) in [5.41, 5.74) is 0.714. The normalized spacial score (nSPS) is 18.3. The maximum absolute atomic E-state index is 12.5. The fraction of sp³-hybridized carbons (Fsp3) is 0.462. The second kappa shape index (κ2) is 7.67. The molecule has 0 aliphatic carbocycles. The van der Waals surface area contributed by atoms with E-state index in [1.165, 1.54) is 0 Å². The van der Waals surface area contributed by atoms with Crippen molar-refractivity contribution < 1.29 is 4.79 Å². The third kappa shape index (κ3) is 3.97. The number of likely N-dealkylation sites (tertiary alicyclic amines) is 1. The maximum Gasteiger partial charge on any atom is 0.255 e. The van der Waals surface area contributed by atoms with Crippen LogP contribution in [0.3, 0.4) is 0 Å². The first kappa shape index (κ1) is 17.0. The number of carbonyl (C=O) groups excluding carboxylic acids is 1. The van der Waals surface area contributed by atoms with Crippen molar-refractivity contribution in [2.75, 3.05) is 20.1 Å². The number of hydrogen-bond donors (Lipinski definition) is 1. The zero-order chi connectivity index (χ0) is 13.1. The topological polar surface area (TPSA) is 32.3 Å². The number of likely N-dealkylation sites (N-methyl/N-ethyl adjacent to an activating group) is 1. The summed E-state index contributed by atoms with van der Waals surface area (Å²) in [7, 11) is 1.92. The van der Waals surface area contributed by atoms with E-state index in [4.69, 9.17) is 11.6 Å². The van der Waals surface area contributed by atoms with Gasteiger partial charge < -0.3 is 10.2 Å². The molecule has 1 N–H and O–H groups in total. The molecule has 0 bridgehead atoms. The van der Waals surface area contributed by atoms with Crippen molar-refractivity contribution in [2.24, 2.45) is 0 Å². The zero-order valence-electron chi connectivity index (χ0n) is 10.7. The maximum atomic E-state index is 12.5. The van der Waals surface area contributed by atoms with Gasteiger partial charge >= 0.3 is 0 Å². The lowest BCUT2D eigenvalue weighted by atomic mass is 10.1. The van der Waals surface area contributed by atoms with Crippen molar-refractivity contribution in [3.63, 3.8) is 0 Å². The van der Waals surface area contributed by atoms with E-state index in [1.54, 1.807) is 6.07 Å². The molecule has 1 aliphatic heterocycles. The van der Waals surface area contributed by atoms with Gasteiger partial charge in [-0.2, -0.15) is 0 Å². The van der Waals surface area contributed by atoms with Crippen LogP contribution in [-0.4, -0.2) is 37.0 Å². The van der Waals surface area contributed by atoms with E-state index in [1.807, 2.05) is 24.1 Å². The Hall–Kier alpha value is -0.0400. The quantitative estimate of drug-likeness (QED) is 0.770. The van der Waals surface area contributed by atoms with Gasteiger partial charge in [-0.25, -0.2) is 0 Å². The molecule has 0 radical (unpaired) electrons. The minimum atomic E-state index is 0. The Kier molecular flexibility index (Phi) is 6.86. The molecule has 1 aromatic carbocycles. The third-order valence-electron chi connectivity index (χ3n) is 3.24. The molecule has 1 aromatic rings. The second-order valence-corrected chi connectivity index (χ2v) is 6.08. The monoisotopic (exact) mass is 414 g/mol. The van der Waals surface area contributed by atoms with Crippen LogP contribution in [0.1, 0.15) is 23.2 Å². The van der Waals surface area contributed by atoms with Gasteiger partial charge in [0.25, 0.3) is 5.91 Å². The van der Waals surface area contributed by atoms with Crippen molar-refractivity contribution >= 4 is 52.5 Å². The van der Waals surface area contributed by atoms with Gasteiger partial charge in [0.15, 0.2) is 0 Å². The molecule has 19 heavy (non-hydrogen) atoms. The van der Waals surface area contributed by atoms with Gasteiger partial charge in [-0.15, -0.1) is 12.4 Å². The molecule has 3 nitrogen and oxygen atoms in total. The lowest BCUT2D eigenvalue weighted by molar-refractivity contribution is 0.0736. The summed E-state index contributed by atoms with van der Waals surface area (Å²) in [5, 5.41) is 3.76. The Morgan fingerprint density at radius 1 is 1.58 bits per heavy atom. The van der Waals surface area contributed by atoms with Crippen molar-refractivity contribution in [3.8, 4) is 0 Å². The van der Waals surface area contributed by atoms with Gasteiger partial charge in [0.05, 0.1) is 5.56 Å². The Morgan fingerprint density at radius 3 is 3.00 bits per heavy atom. The van der Waals surface area contributed by atoms with Gasteiger partial charge in [0.2, 0.25) is 0 Å². The number of carbonyl (C=O) groups is 1. The average Bonchev–Trinajstić information content (AvgIpc) is 2.80. The first-order chi connectivity index (χ1) is 8.63. The summed E-state index contributed by atoms with van der Waals surface area (Å²) < 4.78 is 0.956. The molecule has 0 spiro atoms. The Balaban J connectivity index is 0.00000180. The molecule has 1 fully saturated rings. The van der Waals surface area contributed by atoms with E-state index in [0.717, 1.165) is 29.5 Å². The van der Waals surface area contributed by atoms with Crippen LogP contribution in [0.2, 0.25) is 5.02 Å². The summed E-state index contributed by atoms with van der Waals surface area (Å²) in [6.07, 6.45) is 2.15. The number of hydrogen-bond acceptors (Lipinski definition) is 2. The van der Waals surface area contributed by atoms with E-state index >= 15 is 0 Å². The highest BCUT2D eigenvalue weighted by atomic mass is 127. The van der Waals surface area contributed by atoms with Crippen molar-refractivity contribution in [1.29, 1.82) is 0 Å². The Bertz CT molecular complexity index is 456. The Morgan fingerprint density at radius 2 is 2.32 bits per heavy atom. The van der Waals surface area contributed by atoms with Crippen molar-refractivity contribution in [2.45, 2.75) is 18.9 Å². The highest BCUT2D eigenvalue weighted by Crippen LogP contribution is 2.24. The number of halogens is 3. The zero-order valence-corrected chi connectivity index (χ0v) is 14.4. The number of rotatable bonds is 3. The lowest BCUT2D eigenvalue weighted by Gasteiger charge is -2.25. The smallest absolute Gasteiger partial charge is 0.255 e. The van der Waals surface area contributed by atoms with Crippen LogP contribution >= 0.6 is 46.6 Å². The summed E-state index contributed by atoms with van der Waals surface area (Å²) in [4.78, 5) is 14.5. The molecule has 1 heterocycles. The molecule has 2 rings (SSSR count).